The minimum atomic E-state index is -0.698. The zero-order chi connectivity index (χ0) is 17.9. The van der Waals surface area contributed by atoms with Crippen molar-refractivity contribution in [1.29, 1.82) is 0 Å². The fourth-order valence-corrected chi connectivity index (χ4v) is 3.60. The van der Waals surface area contributed by atoms with Crippen LogP contribution in [0.1, 0.15) is 31.0 Å². The van der Waals surface area contributed by atoms with Crippen LogP contribution in [0.3, 0.4) is 0 Å². The first-order valence-electron chi connectivity index (χ1n) is 9.43. The molecule has 0 amide bonds. The minimum Gasteiger partial charge on any atom is -0.375 e. The average molecular weight is 354 g/mol. The molecule has 3 rings (SSSR count). The molecule has 1 fully saturated rings. The Hall–Kier alpha value is -1.42. The van der Waals surface area contributed by atoms with Gasteiger partial charge >= 0.3 is 0 Å². The van der Waals surface area contributed by atoms with Gasteiger partial charge in [-0.15, -0.1) is 0 Å². The first-order valence-corrected chi connectivity index (χ1v) is 12.3. The maximum absolute atomic E-state index is 6.25. The summed E-state index contributed by atoms with van der Waals surface area (Å²) in [7, 11) is -0.698. The molecule has 0 bridgehead atoms. The van der Waals surface area contributed by atoms with Crippen LogP contribution in [0.25, 0.3) is 0 Å². The van der Waals surface area contributed by atoms with E-state index in [4.69, 9.17) is 4.74 Å². The Kier molecular flexibility index (Phi) is 5.77. The number of hydrogen-bond acceptors (Lipinski definition) is 2. The third-order valence-electron chi connectivity index (χ3n) is 5.73. The molecule has 2 aromatic rings. The van der Waals surface area contributed by atoms with Crippen molar-refractivity contribution in [2.45, 2.75) is 44.1 Å². The van der Waals surface area contributed by atoms with Gasteiger partial charge in [0.15, 0.2) is 0 Å². The standard InChI is InChI=1S/C22H31NOSi/c1-22(2,25(3)4)17-24-20-15-23(16-20)21(18-11-7-5-8-12-18)19-13-9-6-10-14-19/h5-14,20-21,25H,15-17H2,1-4H3. The zero-order valence-electron chi connectivity index (χ0n) is 16.0. The Morgan fingerprint density at radius 1 is 0.960 bits per heavy atom. The molecule has 1 saturated heterocycles. The van der Waals surface area contributed by atoms with Crippen LogP contribution in [0.4, 0.5) is 0 Å². The normalized spacial score (nSPS) is 16.4. The number of nitrogens with zero attached hydrogens (tertiary/aromatic N) is 1. The van der Waals surface area contributed by atoms with Crippen LogP contribution < -0.4 is 0 Å². The van der Waals surface area contributed by atoms with Crippen LogP contribution in [0.15, 0.2) is 60.7 Å². The van der Waals surface area contributed by atoms with E-state index < -0.39 is 8.80 Å². The van der Waals surface area contributed by atoms with E-state index in [0.29, 0.717) is 17.2 Å². The van der Waals surface area contributed by atoms with Gasteiger partial charge in [-0.25, -0.2) is 0 Å². The van der Waals surface area contributed by atoms with Crippen molar-refractivity contribution < 1.29 is 4.74 Å². The van der Waals surface area contributed by atoms with E-state index in [1.807, 2.05) is 0 Å². The maximum Gasteiger partial charge on any atom is 0.0829 e. The average Bonchev–Trinajstić information content (AvgIpc) is 2.58. The van der Waals surface area contributed by atoms with Crippen molar-refractivity contribution in [3.05, 3.63) is 71.8 Å². The van der Waals surface area contributed by atoms with Crippen LogP contribution in [0.2, 0.25) is 18.1 Å². The van der Waals surface area contributed by atoms with E-state index in [-0.39, 0.29) is 0 Å². The van der Waals surface area contributed by atoms with Crippen molar-refractivity contribution in [3.8, 4) is 0 Å². The van der Waals surface area contributed by atoms with E-state index in [1.54, 1.807) is 0 Å². The molecule has 2 nitrogen and oxygen atoms in total. The molecule has 0 N–H and O–H groups in total. The lowest BCUT2D eigenvalue weighted by Gasteiger charge is -2.45. The first kappa shape index (κ1) is 18.4. The zero-order valence-corrected chi connectivity index (χ0v) is 17.1. The van der Waals surface area contributed by atoms with Gasteiger partial charge in [-0.2, -0.15) is 0 Å². The fourth-order valence-electron chi connectivity index (χ4n) is 3.17. The van der Waals surface area contributed by atoms with Gasteiger partial charge in [-0.1, -0.05) is 87.6 Å². The Morgan fingerprint density at radius 3 is 1.88 bits per heavy atom. The van der Waals surface area contributed by atoms with E-state index in [9.17, 15) is 0 Å². The topological polar surface area (TPSA) is 12.5 Å². The highest BCUT2D eigenvalue weighted by atomic mass is 28.3. The first-order chi connectivity index (χ1) is 12.0. The van der Waals surface area contributed by atoms with Gasteiger partial charge in [0.2, 0.25) is 0 Å². The van der Waals surface area contributed by atoms with Crippen molar-refractivity contribution in [2.24, 2.45) is 0 Å². The molecule has 3 heteroatoms. The number of ether oxygens (including phenoxy) is 1. The SMILES string of the molecule is C[SiH](C)C(C)(C)COC1CN(C(c2ccccc2)c2ccccc2)C1. The van der Waals surface area contributed by atoms with Crippen LogP contribution in [0.5, 0.6) is 0 Å². The molecule has 0 aromatic heterocycles. The molecule has 0 spiro atoms. The Morgan fingerprint density at radius 2 is 1.44 bits per heavy atom. The summed E-state index contributed by atoms with van der Waals surface area (Å²) in [5.41, 5.74) is 2.73. The Bertz CT molecular complexity index is 611. The Labute approximate surface area is 154 Å². The molecule has 0 atom stereocenters. The third kappa shape index (κ3) is 4.41. The number of likely N-dealkylation sites (tertiary alicyclic amines) is 1. The van der Waals surface area contributed by atoms with Crippen LogP contribution in [0, 0.1) is 0 Å². The van der Waals surface area contributed by atoms with E-state index in [1.165, 1.54) is 11.1 Å². The molecule has 1 aliphatic rings. The summed E-state index contributed by atoms with van der Waals surface area (Å²) in [6, 6.07) is 22.0. The van der Waals surface area contributed by atoms with Crippen molar-refractivity contribution >= 4 is 8.80 Å². The summed E-state index contributed by atoms with van der Waals surface area (Å²) in [6.07, 6.45) is 0.377. The van der Waals surface area contributed by atoms with Crippen molar-refractivity contribution in [3.63, 3.8) is 0 Å². The summed E-state index contributed by atoms with van der Waals surface area (Å²) < 4.78 is 6.25. The van der Waals surface area contributed by atoms with Gasteiger partial charge in [-0.05, 0) is 16.2 Å². The lowest BCUT2D eigenvalue weighted by Crippen LogP contribution is -2.54. The highest BCUT2D eigenvalue weighted by Gasteiger charge is 2.36. The van der Waals surface area contributed by atoms with E-state index in [2.05, 4.69) is 92.5 Å². The summed E-state index contributed by atoms with van der Waals surface area (Å²) in [6.45, 7) is 12.5. The second kappa shape index (κ2) is 7.86. The van der Waals surface area contributed by atoms with Crippen LogP contribution in [-0.4, -0.2) is 39.5 Å². The fraction of sp³-hybridized carbons (Fsp3) is 0.455. The van der Waals surface area contributed by atoms with Crippen molar-refractivity contribution in [1.82, 2.24) is 4.90 Å². The van der Waals surface area contributed by atoms with E-state index in [0.717, 1.165) is 19.7 Å². The molecular formula is C22H31NOSi. The van der Waals surface area contributed by atoms with Gasteiger partial charge in [0.25, 0.3) is 0 Å². The summed E-state index contributed by atoms with van der Waals surface area (Å²) in [5, 5.41) is 0.374. The van der Waals surface area contributed by atoms with Crippen LogP contribution in [-0.2, 0) is 4.74 Å². The lowest BCUT2D eigenvalue weighted by molar-refractivity contribution is -0.0724. The largest absolute Gasteiger partial charge is 0.375 e. The molecule has 0 aliphatic carbocycles. The molecule has 25 heavy (non-hydrogen) atoms. The summed E-state index contributed by atoms with van der Waals surface area (Å²) in [4.78, 5) is 2.54. The highest BCUT2D eigenvalue weighted by molar-refractivity contribution is 6.59. The predicted molar refractivity (Wildman–Crippen MR) is 109 cm³/mol. The molecule has 1 aliphatic heterocycles. The minimum absolute atomic E-state index is 0.328. The number of benzene rings is 2. The van der Waals surface area contributed by atoms with Gasteiger partial charge < -0.3 is 4.74 Å². The molecule has 0 saturated carbocycles. The Balaban J connectivity index is 1.65. The second-order valence-corrected chi connectivity index (χ2v) is 12.1. The second-order valence-electron chi connectivity index (χ2n) is 8.25. The number of hydrogen-bond donors (Lipinski definition) is 0. The number of rotatable bonds is 7. The molecule has 2 aromatic carbocycles. The third-order valence-corrected chi connectivity index (χ3v) is 9.02. The van der Waals surface area contributed by atoms with Gasteiger partial charge in [0, 0.05) is 28.5 Å². The monoisotopic (exact) mass is 353 g/mol. The van der Waals surface area contributed by atoms with Gasteiger partial charge in [-0.3, -0.25) is 4.90 Å². The smallest absolute Gasteiger partial charge is 0.0829 e. The highest BCUT2D eigenvalue weighted by Crippen LogP contribution is 2.34. The molecule has 134 valence electrons. The predicted octanol–water partition coefficient (Wildman–Crippen LogP) is 4.74. The molecule has 0 unspecified atom stereocenters. The van der Waals surface area contributed by atoms with Gasteiger partial charge in [0.05, 0.1) is 12.1 Å². The van der Waals surface area contributed by atoms with Crippen molar-refractivity contribution in [2.75, 3.05) is 19.7 Å². The quantitative estimate of drug-likeness (QED) is 0.666. The molecule has 1 heterocycles. The summed E-state index contributed by atoms with van der Waals surface area (Å²) in [5.74, 6) is 0. The van der Waals surface area contributed by atoms with Gasteiger partial charge in [0.1, 0.15) is 0 Å². The molecule has 0 radical (unpaired) electrons. The molecular weight excluding hydrogens is 322 g/mol. The van der Waals surface area contributed by atoms with Crippen LogP contribution >= 0.6 is 0 Å². The maximum atomic E-state index is 6.25. The van der Waals surface area contributed by atoms with E-state index >= 15 is 0 Å². The summed E-state index contributed by atoms with van der Waals surface area (Å²) >= 11 is 0. The lowest BCUT2D eigenvalue weighted by atomic mass is 9.94.